The van der Waals surface area contributed by atoms with Crippen molar-refractivity contribution in [2.45, 2.75) is 52.4 Å². The van der Waals surface area contributed by atoms with E-state index in [0.717, 1.165) is 0 Å². The molecule has 4 aliphatic rings. The van der Waals surface area contributed by atoms with Gasteiger partial charge < -0.3 is 29.2 Å². The first kappa shape index (κ1) is 48.2. The molecule has 0 spiro atoms. The van der Waals surface area contributed by atoms with Crippen LogP contribution in [0.1, 0.15) is 52.4 Å². The third-order valence-electron chi connectivity index (χ3n) is 8.20. The predicted octanol–water partition coefficient (Wildman–Crippen LogP) is 0.332. The molecule has 2 unspecified atom stereocenters. The molecule has 52 heavy (non-hydrogen) atoms. The lowest BCUT2D eigenvalue weighted by Gasteiger charge is -2.20. The number of fused-ring (bicyclic) bond motifs is 2. The summed E-state index contributed by atoms with van der Waals surface area (Å²) in [7, 11) is 4.78. The molecular weight excluding hydrogens is 700 g/mol. The minimum absolute atomic E-state index is 0.0591. The Morgan fingerprint density at radius 1 is 0.692 bits per heavy atom. The Hall–Kier alpha value is -5.93. The highest BCUT2D eigenvalue weighted by Gasteiger charge is 2.57. The minimum Gasteiger partial charge on any atom is -0.512 e. The SMILES string of the molecule is COC(=O)C1=C(O)C(C(=O)OC)[C@H]2C(C)=C(O)C(C)[C@@H]12.COC(=O)CC(=O)CC(=O)OC.O=C1CC2CC(=O)CC2C1.O=C=O.O=C=O.O=CC=O. The zero-order valence-electron chi connectivity index (χ0n) is 29.2. The monoisotopic (exact) mass is 740 g/mol. The van der Waals surface area contributed by atoms with Crippen LogP contribution in [0.5, 0.6) is 0 Å². The largest absolute Gasteiger partial charge is 0.512 e. The van der Waals surface area contributed by atoms with Gasteiger partial charge >= 0.3 is 36.2 Å². The molecule has 2 fully saturated rings. The Morgan fingerprint density at radius 3 is 1.38 bits per heavy atom. The third kappa shape index (κ3) is 14.5. The van der Waals surface area contributed by atoms with Gasteiger partial charge in [-0.15, -0.1) is 0 Å². The molecule has 0 radical (unpaired) electrons. The van der Waals surface area contributed by atoms with Crippen LogP contribution in [0.4, 0.5) is 0 Å². The number of aliphatic hydroxyl groups is 2. The van der Waals surface area contributed by atoms with Crippen molar-refractivity contribution in [3.63, 3.8) is 0 Å². The molecule has 0 amide bonds. The fourth-order valence-electron chi connectivity index (χ4n) is 6.09. The summed E-state index contributed by atoms with van der Waals surface area (Å²) in [5.41, 5.74) is 0.659. The highest BCUT2D eigenvalue weighted by Crippen LogP contribution is 2.55. The molecule has 2 saturated carbocycles. The van der Waals surface area contributed by atoms with Crippen LogP contribution in [0, 0.1) is 35.5 Å². The highest BCUT2D eigenvalue weighted by molar-refractivity contribution is 6.09. The molecule has 19 heteroatoms. The summed E-state index contributed by atoms with van der Waals surface area (Å²) < 4.78 is 17.8. The molecule has 0 saturated heterocycles. The number of esters is 4. The first-order chi connectivity index (χ1) is 24.5. The van der Waals surface area contributed by atoms with E-state index < -0.39 is 47.4 Å². The summed E-state index contributed by atoms with van der Waals surface area (Å²) in [5.74, 6) is -3.93. The Kier molecular flexibility index (Phi) is 23.2. The Morgan fingerprint density at radius 2 is 1.08 bits per heavy atom. The van der Waals surface area contributed by atoms with E-state index >= 15 is 0 Å². The third-order valence-corrected chi connectivity index (χ3v) is 8.20. The van der Waals surface area contributed by atoms with Crippen LogP contribution in [0.3, 0.4) is 0 Å². The van der Waals surface area contributed by atoms with Crippen LogP contribution >= 0.6 is 0 Å². The highest BCUT2D eigenvalue weighted by atomic mass is 16.5. The fraction of sp³-hybridized carbons (Fsp3) is 0.545. The molecule has 0 aromatic carbocycles. The number of rotatable bonds is 7. The molecule has 19 nitrogen and oxygen atoms in total. The van der Waals surface area contributed by atoms with Crippen molar-refractivity contribution in [3.8, 4) is 0 Å². The maximum Gasteiger partial charge on any atom is 0.373 e. The maximum absolute atomic E-state index is 11.9. The molecular formula is C33H40O19. The number of ketones is 3. The molecule has 0 heterocycles. The molecule has 4 aliphatic carbocycles. The van der Waals surface area contributed by atoms with Gasteiger partial charge in [0.05, 0.1) is 39.8 Å². The van der Waals surface area contributed by atoms with Crippen LogP contribution in [0.25, 0.3) is 0 Å². The molecule has 4 atom stereocenters. The standard InChI is InChI=1S/C14H18O6.C8H10O2.C7H10O5.C2H2O2.2CO2/c1-5-7-8(6(2)11(5)15)10(14(18)20-4)12(16)9(7)13(17)19-3;9-7-1-5-2-8(10)4-6(5)3-7;1-11-6(9)3-5(8)4-7(10)12-2;3-1-2-4;2*2-1-3/h5,7-8,10,15-16H,1-4H3;5-6H,1-4H2;3-4H2,1-2H3;1-2H;;/t5?,7-,8+,10?;;;;;/m1...../s1. The van der Waals surface area contributed by atoms with Gasteiger partial charge in [-0.2, -0.15) is 19.2 Å². The van der Waals surface area contributed by atoms with E-state index in [0.29, 0.717) is 54.7 Å². The molecule has 0 aliphatic heterocycles. The van der Waals surface area contributed by atoms with Gasteiger partial charge in [-0.05, 0) is 24.3 Å². The Bertz CT molecular complexity index is 1400. The van der Waals surface area contributed by atoms with Crippen molar-refractivity contribution in [3.05, 3.63) is 22.7 Å². The summed E-state index contributed by atoms with van der Waals surface area (Å²) in [5, 5.41) is 20.3. The van der Waals surface area contributed by atoms with Gasteiger partial charge in [-0.25, -0.2) is 4.79 Å². The smallest absolute Gasteiger partial charge is 0.373 e. The van der Waals surface area contributed by atoms with Crippen LogP contribution in [0.2, 0.25) is 0 Å². The number of hydrogen-bond donors (Lipinski definition) is 2. The van der Waals surface area contributed by atoms with E-state index in [1.807, 2.05) is 0 Å². The van der Waals surface area contributed by atoms with Gasteiger partial charge in [0, 0.05) is 43.4 Å². The van der Waals surface area contributed by atoms with E-state index in [1.165, 1.54) is 28.4 Å². The molecule has 2 N–H and O–H groups in total. The summed E-state index contributed by atoms with van der Waals surface area (Å²) in [6.45, 7) is 3.44. The van der Waals surface area contributed by atoms with Gasteiger partial charge in [0.2, 0.25) is 0 Å². The molecule has 0 bridgehead atoms. The topological polar surface area (TPSA) is 299 Å². The van der Waals surface area contributed by atoms with Gasteiger partial charge in [0.25, 0.3) is 0 Å². The molecule has 4 rings (SSSR count). The lowest BCUT2D eigenvalue weighted by atomic mass is 9.82. The van der Waals surface area contributed by atoms with E-state index in [4.69, 9.17) is 33.5 Å². The lowest BCUT2D eigenvalue weighted by molar-refractivity contribution is -0.193. The van der Waals surface area contributed by atoms with Gasteiger partial charge in [0.15, 0.2) is 18.4 Å². The zero-order chi connectivity index (χ0) is 40.7. The number of carbonyl (C=O) groups excluding carboxylic acids is 13. The van der Waals surface area contributed by atoms with Crippen molar-refractivity contribution in [1.29, 1.82) is 0 Å². The average molecular weight is 741 g/mol. The normalized spacial score (nSPS) is 22.7. The van der Waals surface area contributed by atoms with E-state index in [1.54, 1.807) is 13.8 Å². The lowest BCUT2D eigenvalue weighted by Crippen LogP contribution is -2.26. The van der Waals surface area contributed by atoms with Crippen LogP contribution in [-0.2, 0) is 81.3 Å². The fourth-order valence-corrected chi connectivity index (χ4v) is 6.09. The van der Waals surface area contributed by atoms with E-state index in [2.05, 4.69) is 14.2 Å². The first-order valence-corrected chi connectivity index (χ1v) is 15.0. The molecule has 0 aromatic rings. The number of Topliss-reactive ketones (excluding diaryl/α,β-unsaturated/α-hetero) is 3. The van der Waals surface area contributed by atoms with Crippen molar-refractivity contribution >= 4 is 66.1 Å². The second-order valence-electron chi connectivity index (χ2n) is 11.1. The van der Waals surface area contributed by atoms with E-state index in [9.17, 15) is 43.8 Å². The number of allylic oxidation sites excluding steroid dienone is 2. The van der Waals surface area contributed by atoms with Crippen molar-refractivity contribution in [2.24, 2.45) is 35.5 Å². The van der Waals surface area contributed by atoms with Crippen LogP contribution in [0.15, 0.2) is 22.7 Å². The van der Waals surface area contributed by atoms with Gasteiger partial charge in [-0.3, -0.25) is 38.4 Å². The number of aldehydes is 2. The van der Waals surface area contributed by atoms with Gasteiger partial charge in [-0.1, -0.05) is 6.92 Å². The van der Waals surface area contributed by atoms with Crippen LogP contribution in [-0.4, -0.2) is 105 Å². The number of aliphatic hydroxyl groups excluding tert-OH is 2. The predicted molar refractivity (Wildman–Crippen MR) is 165 cm³/mol. The second-order valence-corrected chi connectivity index (χ2v) is 11.1. The number of carbonyl (C=O) groups is 9. The van der Waals surface area contributed by atoms with Crippen LogP contribution < -0.4 is 0 Å². The quantitative estimate of drug-likeness (QED) is 0.117. The maximum atomic E-state index is 11.9. The number of ether oxygens (including phenoxy) is 4. The molecule has 286 valence electrons. The van der Waals surface area contributed by atoms with Gasteiger partial charge in [0.1, 0.15) is 36.1 Å². The van der Waals surface area contributed by atoms with Crippen molar-refractivity contribution < 1.29 is 91.5 Å². The minimum atomic E-state index is -0.966. The summed E-state index contributed by atoms with van der Waals surface area (Å²) >= 11 is 0. The van der Waals surface area contributed by atoms with Crippen molar-refractivity contribution in [2.75, 3.05) is 28.4 Å². The second kappa shape index (κ2) is 25.1. The number of methoxy groups -OCH3 is 4. The molecule has 0 aromatic heterocycles. The Balaban J connectivity index is 0. The summed E-state index contributed by atoms with van der Waals surface area (Å²) in [4.78, 5) is 127. The average Bonchev–Trinajstić information content (AvgIpc) is 3.79. The summed E-state index contributed by atoms with van der Waals surface area (Å²) in [6, 6.07) is 0. The van der Waals surface area contributed by atoms with E-state index in [-0.39, 0.29) is 60.7 Å². The summed E-state index contributed by atoms with van der Waals surface area (Å²) in [6.07, 6.45) is 2.83. The first-order valence-electron chi connectivity index (χ1n) is 15.0. The Labute approximate surface area is 296 Å². The number of hydrogen-bond acceptors (Lipinski definition) is 19. The zero-order valence-corrected chi connectivity index (χ0v) is 29.2. The van der Waals surface area contributed by atoms with Crippen molar-refractivity contribution in [1.82, 2.24) is 0 Å².